The molecule has 0 N–H and O–H groups in total. The number of aromatic nitrogens is 1. The fraction of sp³-hybridized carbons (Fsp3) is 0.364. The molecule has 136 valence electrons. The quantitative estimate of drug-likeness (QED) is 0.525. The lowest BCUT2D eigenvalue weighted by Crippen LogP contribution is -2.38. The molecule has 4 rings (SSSR count). The van der Waals surface area contributed by atoms with Crippen molar-refractivity contribution in [3.63, 3.8) is 0 Å². The van der Waals surface area contributed by atoms with Crippen LogP contribution in [0.15, 0.2) is 42.5 Å². The molecule has 4 heteroatoms. The number of benzene rings is 2. The van der Waals surface area contributed by atoms with Gasteiger partial charge in [0.2, 0.25) is 0 Å². The first-order chi connectivity index (χ1) is 12.5. The number of likely N-dealkylation sites (N-methyl/N-ethyl adjacent to an activating group) is 1. The maximum atomic E-state index is 6.65. The summed E-state index contributed by atoms with van der Waals surface area (Å²) < 4.78 is 2.46. The lowest BCUT2D eigenvalue weighted by atomic mass is 9.93. The first kappa shape index (κ1) is 17.9. The van der Waals surface area contributed by atoms with Gasteiger partial charge < -0.3 is 4.57 Å². The average molecular weight is 387 g/mol. The Morgan fingerprint density at radius 1 is 1.04 bits per heavy atom. The van der Waals surface area contributed by atoms with Crippen molar-refractivity contribution in [3.8, 4) is 0 Å². The van der Waals surface area contributed by atoms with Gasteiger partial charge in [-0.15, -0.1) is 0 Å². The number of aryl methyl sites for hydroxylation is 2. The minimum atomic E-state index is 0.395. The van der Waals surface area contributed by atoms with E-state index in [9.17, 15) is 0 Å². The SMILES string of the molecule is CC1Cc2c(c3cccc(Cl)c3n2CCc2ccc(Cl)cc2)C(C)N1C. The Morgan fingerprint density at radius 2 is 1.77 bits per heavy atom. The molecular weight excluding hydrogens is 363 g/mol. The molecular formula is C22H24Cl2N2. The Hall–Kier alpha value is -1.48. The number of hydrogen-bond acceptors (Lipinski definition) is 1. The summed E-state index contributed by atoms with van der Waals surface area (Å²) in [5, 5.41) is 2.93. The van der Waals surface area contributed by atoms with Gasteiger partial charge in [-0.2, -0.15) is 0 Å². The Balaban J connectivity index is 1.81. The van der Waals surface area contributed by atoms with E-state index in [1.54, 1.807) is 0 Å². The van der Waals surface area contributed by atoms with Gasteiger partial charge in [0, 0.05) is 41.2 Å². The van der Waals surface area contributed by atoms with Crippen LogP contribution in [0.25, 0.3) is 10.9 Å². The third-order valence-corrected chi connectivity index (χ3v) is 6.49. The molecule has 1 aliphatic heterocycles. The van der Waals surface area contributed by atoms with Crippen LogP contribution in [0.3, 0.4) is 0 Å². The predicted molar refractivity (Wildman–Crippen MR) is 111 cm³/mol. The molecule has 26 heavy (non-hydrogen) atoms. The van der Waals surface area contributed by atoms with E-state index < -0.39 is 0 Å². The van der Waals surface area contributed by atoms with Crippen LogP contribution in [0.2, 0.25) is 10.0 Å². The molecule has 0 fully saturated rings. The highest BCUT2D eigenvalue weighted by Crippen LogP contribution is 2.41. The second kappa shape index (κ2) is 6.92. The second-order valence-electron chi connectivity index (χ2n) is 7.42. The summed E-state index contributed by atoms with van der Waals surface area (Å²) in [5.41, 5.74) is 5.37. The minimum absolute atomic E-state index is 0.395. The van der Waals surface area contributed by atoms with Crippen molar-refractivity contribution in [2.75, 3.05) is 7.05 Å². The van der Waals surface area contributed by atoms with Crippen LogP contribution in [-0.2, 0) is 19.4 Å². The molecule has 0 amide bonds. The molecule has 1 aliphatic rings. The number of rotatable bonds is 3. The normalized spacial score (nSPS) is 20.5. The maximum Gasteiger partial charge on any atom is 0.0675 e. The number of halogens is 2. The first-order valence-electron chi connectivity index (χ1n) is 9.23. The Morgan fingerprint density at radius 3 is 2.50 bits per heavy atom. The summed E-state index contributed by atoms with van der Waals surface area (Å²) >= 11 is 12.7. The molecule has 0 aliphatic carbocycles. The number of para-hydroxylation sites is 1. The average Bonchev–Trinajstić information content (AvgIpc) is 2.94. The Labute approximate surface area is 165 Å². The first-order valence-corrected chi connectivity index (χ1v) is 9.99. The van der Waals surface area contributed by atoms with E-state index in [4.69, 9.17) is 23.2 Å². The largest absolute Gasteiger partial charge is 0.343 e. The van der Waals surface area contributed by atoms with E-state index in [0.717, 1.165) is 29.4 Å². The second-order valence-corrected chi connectivity index (χ2v) is 8.26. The number of fused-ring (bicyclic) bond motifs is 3. The zero-order valence-corrected chi connectivity index (χ0v) is 17.0. The minimum Gasteiger partial charge on any atom is -0.343 e. The van der Waals surface area contributed by atoms with Crippen LogP contribution < -0.4 is 0 Å². The summed E-state index contributed by atoms with van der Waals surface area (Å²) in [5.74, 6) is 0. The van der Waals surface area contributed by atoms with Crippen molar-refractivity contribution in [1.29, 1.82) is 0 Å². The highest BCUT2D eigenvalue weighted by atomic mass is 35.5. The van der Waals surface area contributed by atoms with Gasteiger partial charge in [0.25, 0.3) is 0 Å². The van der Waals surface area contributed by atoms with Crippen molar-refractivity contribution >= 4 is 34.1 Å². The van der Waals surface area contributed by atoms with Gasteiger partial charge in [-0.05, 0) is 56.6 Å². The molecule has 2 heterocycles. The topological polar surface area (TPSA) is 8.17 Å². The molecule has 3 aromatic rings. The maximum absolute atomic E-state index is 6.65. The van der Waals surface area contributed by atoms with Crippen LogP contribution in [0.5, 0.6) is 0 Å². The van der Waals surface area contributed by atoms with Crippen molar-refractivity contribution in [1.82, 2.24) is 9.47 Å². The molecule has 0 spiro atoms. The van der Waals surface area contributed by atoms with Crippen LogP contribution >= 0.6 is 23.2 Å². The van der Waals surface area contributed by atoms with Gasteiger partial charge in [0.15, 0.2) is 0 Å². The third-order valence-electron chi connectivity index (χ3n) is 5.93. The summed E-state index contributed by atoms with van der Waals surface area (Å²) in [6.45, 7) is 5.54. The predicted octanol–water partition coefficient (Wildman–Crippen LogP) is 6.13. The molecule has 1 aromatic heterocycles. The zero-order chi connectivity index (χ0) is 18.4. The highest BCUT2D eigenvalue weighted by molar-refractivity contribution is 6.35. The Bertz CT molecular complexity index is 943. The van der Waals surface area contributed by atoms with Crippen LogP contribution in [0, 0.1) is 0 Å². The number of hydrogen-bond donors (Lipinski definition) is 0. The molecule has 2 nitrogen and oxygen atoms in total. The van der Waals surface area contributed by atoms with Crippen LogP contribution in [0.4, 0.5) is 0 Å². The van der Waals surface area contributed by atoms with Gasteiger partial charge in [-0.25, -0.2) is 0 Å². The Kier molecular flexibility index (Phi) is 4.77. The fourth-order valence-corrected chi connectivity index (χ4v) is 4.68. The van der Waals surface area contributed by atoms with E-state index in [2.05, 4.69) is 54.6 Å². The highest BCUT2D eigenvalue weighted by Gasteiger charge is 2.32. The summed E-state index contributed by atoms with van der Waals surface area (Å²) in [6.07, 6.45) is 2.03. The van der Waals surface area contributed by atoms with Crippen molar-refractivity contribution in [2.45, 2.75) is 45.3 Å². The van der Waals surface area contributed by atoms with E-state index in [1.165, 1.54) is 27.7 Å². The molecule has 0 bridgehead atoms. The number of nitrogens with zero attached hydrogens (tertiary/aromatic N) is 2. The van der Waals surface area contributed by atoms with Gasteiger partial charge >= 0.3 is 0 Å². The lowest BCUT2D eigenvalue weighted by Gasteiger charge is -2.36. The summed E-state index contributed by atoms with van der Waals surface area (Å²) in [7, 11) is 2.22. The fourth-order valence-electron chi connectivity index (χ4n) is 4.28. The van der Waals surface area contributed by atoms with Crippen molar-refractivity contribution < 1.29 is 0 Å². The monoisotopic (exact) mass is 386 g/mol. The van der Waals surface area contributed by atoms with Crippen molar-refractivity contribution in [3.05, 3.63) is 69.3 Å². The van der Waals surface area contributed by atoms with E-state index in [0.29, 0.717) is 12.1 Å². The molecule has 0 saturated heterocycles. The van der Waals surface area contributed by atoms with E-state index in [-0.39, 0.29) is 0 Å². The standard InChI is InChI=1S/C22H24Cl2N2/c1-14-13-20-21(15(2)25(14)3)18-5-4-6-19(24)22(18)26(20)12-11-16-7-9-17(23)10-8-16/h4-10,14-15H,11-13H2,1-3H3. The van der Waals surface area contributed by atoms with E-state index >= 15 is 0 Å². The summed E-state index contributed by atoms with van der Waals surface area (Å²) in [6, 6.07) is 15.4. The third kappa shape index (κ3) is 2.94. The molecule has 0 radical (unpaired) electrons. The van der Waals surface area contributed by atoms with Gasteiger partial charge in [-0.1, -0.05) is 47.5 Å². The summed E-state index contributed by atoms with van der Waals surface area (Å²) in [4.78, 5) is 2.46. The van der Waals surface area contributed by atoms with Gasteiger partial charge in [0.05, 0.1) is 10.5 Å². The molecule has 2 unspecified atom stereocenters. The lowest BCUT2D eigenvalue weighted by molar-refractivity contribution is 0.177. The van der Waals surface area contributed by atoms with Crippen molar-refractivity contribution in [2.24, 2.45) is 0 Å². The van der Waals surface area contributed by atoms with Crippen LogP contribution in [-0.4, -0.2) is 22.6 Å². The molecule has 2 aromatic carbocycles. The van der Waals surface area contributed by atoms with Gasteiger partial charge in [-0.3, -0.25) is 4.90 Å². The molecule has 0 saturated carbocycles. The zero-order valence-electron chi connectivity index (χ0n) is 15.5. The molecule has 2 atom stereocenters. The van der Waals surface area contributed by atoms with E-state index in [1.807, 2.05) is 18.2 Å². The smallest absolute Gasteiger partial charge is 0.0675 e. The van der Waals surface area contributed by atoms with Gasteiger partial charge in [0.1, 0.15) is 0 Å². The van der Waals surface area contributed by atoms with Crippen LogP contribution in [0.1, 0.15) is 36.7 Å².